The van der Waals surface area contributed by atoms with Crippen molar-refractivity contribution in [3.8, 4) is 0 Å². The van der Waals surface area contributed by atoms with E-state index >= 15 is 0 Å². The molecule has 15 heavy (non-hydrogen) atoms. The van der Waals surface area contributed by atoms with E-state index < -0.39 is 0 Å². The summed E-state index contributed by atoms with van der Waals surface area (Å²) in [5, 5.41) is 0. The van der Waals surface area contributed by atoms with Crippen molar-refractivity contribution in [1.29, 1.82) is 0 Å². The first-order valence-electron chi connectivity index (χ1n) is 6.28. The van der Waals surface area contributed by atoms with E-state index in [4.69, 9.17) is 0 Å². The van der Waals surface area contributed by atoms with Crippen LogP contribution in [0.4, 0.5) is 0 Å². The van der Waals surface area contributed by atoms with Crippen molar-refractivity contribution in [3.63, 3.8) is 0 Å². The summed E-state index contributed by atoms with van der Waals surface area (Å²) in [7, 11) is 0. The monoisotopic (exact) mass is 204 g/mol. The molecule has 0 aromatic carbocycles. The summed E-state index contributed by atoms with van der Waals surface area (Å²) in [5.74, 6) is 0.743. The van der Waals surface area contributed by atoms with Gasteiger partial charge in [0.1, 0.15) is 0 Å². The van der Waals surface area contributed by atoms with Crippen molar-refractivity contribution in [2.24, 2.45) is 16.7 Å². The van der Waals surface area contributed by atoms with Gasteiger partial charge in [0, 0.05) is 5.41 Å². The average Bonchev–Trinajstić information content (AvgIpc) is 2.57. The van der Waals surface area contributed by atoms with E-state index in [1.165, 1.54) is 19.3 Å². The van der Waals surface area contributed by atoms with Gasteiger partial charge < -0.3 is 0 Å². The Morgan fingerprint density at radius 3 is 2.47 bits per heavy atom. The second kappa shape index (κ2) is 3.23. The molecular weight excluding hydrogens is 180 g/mol. The highest BCUT2D eigenvalue weighted by molar-refractivity contribution is 5.44. The molecule has 0 amide bonds. The maximum atomic E-state index is 2.41. The maximum absolute atomic E-state index is 2.41. The summed E-state index contributed by atoms with van der Waals surface area (Å²) in [4.78, 5) is 0. The molecular formula is C15H24. The molecule has 0 aromatic rings. The second-order valence-corrected chi connectivity index (χ2v) is 6.50. The van der Waals surface area contributed by atoms with Crippen LogP contribution in [0.1, 0.15) is 53.9 Å². The molecule has 0 heterocycles. The van der Waals surface area contributed by atoms with Crippen molar-refractivity contribution in [1.82, 2.24) is 0 Å². The molecule has 0 nitrogen and oxygen atoms in total. The summed E-state index contributed by atoms with van der Waals surface area (Å²) in [6.45, 7) is 12.0. The van der Waals surface area contributed by atoms with Gasteiger partial charge in [-0.15, -0.1) is 0 Å². The molecule has 0 bridgehead atoms. The van der Waals surface area contributed by atoms with Gasteiger partial charge in [0.15, 0.2) is 0 Å². The minimum Gasteiger partial charge on any atom is -0.0802 e. The lowest BCUT2D eigenvalue weighted by molar-refractivity contribution is 0.0765. The molecule has 0 radical (unpaired) electrons. The molecule has 0 fully saturated rings. The van der Waals surface area contributed by atoms with E-state index in [1.54, 1.807) is 11.1 Å². The Bertz CT molecular complexity index is 322. The van der Waals surface area contributed by atoms with E-state index in [-0.39, 0.29) is 0 Å². The van der Waals surface area contributed by atoms with Crippen LogP contribution in [0.3, 0.4) is 0 Å². The first-order valence-corrected chi connectivity index (χ1v) is 6.28. The Kier molecular flexibility index (Phi) is 2.37. The Hall–Kier alpha value is -0.520. The third kappa shape index (κ3) is 1.33. The van der Waals surface area contributed by atoms with Crippen LogP contribution < -0.4 is 0 Å². The van der Waals surface area contributed by atoms with Crippen LogP contribution in [0.15, 0.2) is 23.3 Å². The number of hydrogen-bond donors (Lipinski definition) is 0. The summed E-state index contributed by atoms with van der Waals surface area (Å²) in [6, 6.07) is 0. The topological polar surface area (TPSA) is 0 Å². The summed E-state index contributed by atoms with van der Waals surface area (Å²) in [6.07, 6.45) is 8.68. The fourth-order valence-corrected chi connectivity index (χ4v) is 3.98. The van der Waals surface area contributed by atoms with Crippen molar-refractivity contribution >= 4 is 0 Å². The number of rotatable bonds is 1. The normalized spacial score (nSPS) is 30.5. The van der Waals surface area contributed by atoms with Crippen LogP contribution in [0.25, 0.3) is 0 Å². The highest BCUT2D eigenvalue weighted by atomic mass is 14.5. The van der Waals surface area contributed by atoms with Gasteiger partial charge in [0.25, 0.3) is 0 Å². The average molecular weight is 204 g/mol. The first kappa shape index (κ1) is 11.0. The molecule has 0 saturated heterocycles. The zero-order valence-corrected chi connectivity index (χ0v) is 10.9. The van der Waals surface area contributed by atoms with Gasteiger partial charge in [0.05, 0.1) is 0 Å². The fourth-order valence-electron chi connectivity index (χ4n) is 3.98. The third-order valence-electron chi connectivity index (χ3n) is 4.66. The Morgan fingerprint density at radius 1 is 1.27 bits per heavy atom. The molecule has 0 heteroatoms. The van der Waals surface area contributed by atoms with Crippen LogP contribution in [0.5, 0.6) is 0 Å². The Labute approximate surface area is 94.5 Å². The molecule has 0 aliphatic heterocycles. The predicted molar refractivity (Wildman–Crippen MR) is 66.7 cm³/mol. The van der Waals surface area contributed by atoms with Crippen LogP contribution in [0, 0.1) is 16.7 Å². The molecule has 2 aliphatic carbocycles. The molecule has 0 N–H and O–H groups in total. The molecule has 84 valence electrons. The number of allylic oxidation sites excluding steroid dienone is 4. The van der Waals surface area contributed by atoms with E-state index in [1.807, 2.05) is 0 Å². The lowest BCUT2D eigenvalue weighted by Crippen LogP contribution is -2.39. The molecule has 0 saturated carbocycles. The number of hydrogen-bond acceptors (Lipinski definition) is 0. The molecule has 1 atom stereocenters. The maximum Gasteiger partial charge on any atom is 0.00270 e. The lowest BCUT2D eigenvalue weighted by atomic mass is 9.57. The van der Waals surface area contributed by atoms with E-state index in [2.05, 4.69) is 46.8 Å². The van der Waals surface area contributed by atoms with Gasteiger partial charge >= 0.3 is 0 Å². The van der Waals surface area contributed by atoms with Crippen molar-refractivity contribution in [2.75, 3.05) is 0 Å². The Balaban J connectivity index is 2.50. The van der Waals surface area contributed by atoms with Crippen LogP contribution in [0.2, 0.25) is 0 Å². The largest absolute Gasteiger partial charge is 0.0802 e. The van der Waals surface area contributed by atoms with E-state index in [0.29, 0.717) is 10.8 Å². The minimum atomic E-state index is 0.382. The summed E-state index contributed by atoms with van der Waals surface area (Å²) < 4.78 is 0. The predicted octanol–water partition coefficient (Wildman–Crippen LogP) is 4.73. The SMILES string of the molecule is CC(C)C1(C(C)(C)C)CCC2=C1C=CC2. The Morgan fingerprint density at radius 2 is 1.93 bits per heavy atom. The summed E-state index contributed by atoms with van der Waals surface area (Å²) in [5.41, 5.74) is 4.21. The van der Waals surface area contributed by atoms with Gasteiger partial charge in [-0.2, -0.15) is 0 Å². The quantitative estimate of drug-likeness (QED) is 0.579. The molecule has 0 spiro atoms. The molecule has 0 aromatic heterocycles. The van der Waals surface area contributed by atoms with Gasteiger partial charge in [0.2, 0.25) is 0 Å². The summed E-state index contributed by atoms with van der Waals surface area (Å²) >= 11 is 0. The zero-order valence-electron chi connectivity index (χ0n) is 10.9. The fraction of sp³-hybridized carbons (Fsp3) is 0.733. The van der Waals surface area contributed by atoms with Crippen LogP contribution in [-0.2, 0) is 0 Å². The van der Waals surface area contributed by atoms with E-state index in [0.717, 1.165) is 5.92 Å². The van der Waals surface area contributed by atoms with Gasteiger partial charge in [-0.3, -0.25) is 0 Å². The standard InChI is InChI=1S/C15H24/c1-11(2)15(14(3,4)5)10-9-12-7-6-8-13(12)15/h6,8,11H,7,9-10H2,1-5H3. The van der Waals surface area contributed by atoms with Crippen molar-refractivity contribution in [3.05, 3.63) is 23.3 Å². The second-order valence-electron chi connectivity index (χ2n) is 6.50. The van der Waals surface area contributed by atoms with E-state index in [9.17, 15) is 0 Å². The van der Waals surface area contributed by atoms with Gasteiger partial charge in [-0.25, -0.2) is 0 Å². The third-order valence-corrected chi connectivity index (χ3v) is 4.66. The van der Waals surface area contributed by atoms with Gasteiger partial charge in [-0.05, 0) is 36.2 Å². The van der Waals surface area contributed by atoms with Crippen molar-refractivity contribution < 1.29 is 0 Å². The van der Waals surface area contributed by atoms with Gasteiger partial charge in [-0.1, -0.05) is 52.3 Å². The highest BCUT2D eigenvalue weighted by Crippen LogP contribution is 2.60. The molecule has 2 aliphatic rings. The zero-order chi connectivity index (χ0) is 11.3. The lowest BCUT2D eigenvalue weighted by Gasteiger charge is -2.47. The smallest absolute Gasteiger partial charge is 0.00270 e. The minimum absolute atomic E-state index is 0.382. The van der Waals surface area contributed by atoms with Crippen molar-refractivity contribution in [2.45, 2.75) is 53.9 Å². The highest BCUT2D eigenvalue weighted by Gasteiger charge is 2.50. The van der Waals surface area contributed by atoms with Crippen LogP contribution >= 0.6 is 0 Å². The van der Waals surface area contributed by atoms with Crippen LogP contribution in [-0.4, -0.2) is 0 Å². The molecule has 1 unspecified atom stereocenters. The molecule has 2 rings (SSSR count). The first-order chi connectivity index (χ1) is 6.89.